The molecule has 0 spiro atoms. The predicted molar refractivity (Wildman–Crippen MR) is 144 cm³/mol. The molecular weight excluding hydrogens is 451 g/mol. The van der Waals surface area contributed by atoms with Crippen LogP contribution in [0, 0.1) is 12.7 Å². The van der Waals surface area contributed by atoms with Crippen molar-refractivity contribution in [3.05, 3.63) is 96.1 Å². The summed E-state index contributed by atoms with van der Waals surface area (Å²) in [5.74, 6) is 0.186. The molecule has 0 aliphatic heterocycles. The Balaban J connectivity index is 1.49. The first-order chi connectivity index (χ1) is 17.3. The van der Waals surface area contributed by atoms with E-state index in [1.807, 2.05) is 36.4 Å². The van der Waals surface area contributed by atoms with E-state index in [1.54, 1.807) is 19.9 Å². The van der Waals surface area contributed by atoms with Crippen LogP contribution in [0.15, 0.2) is 79.1 Å². The zero-order valence-electron chi connectivity index (χ0n) is 20.2. The van der Waals surface area contributed by atoms with Crippen LogP contribution in [0.1, 0.15) is 25.0 Å². The van der Waals surface area contributed by atoms with E-state index < -0.39 is 5.60 Å². The largest absolute Gasteiger partial charge is 0.386 e. The zero-order valence-corrected chi connectivity index (χ0v) is 20.2. The van der Waals surface area contributed by atoms with Gasteiger partial charge in [0.2, 0.25) is 0 Å². The quantitative estimate of drug-likeness (QED) is 0.249. The van der Waals surface area contributed by atoms with E-state index in [0.29, 0.717) is 11.2 Å². The Bertz CT molecular complexity index is 1780. The summed E-state index contributed by atoms with van der Waals surface area (Å²) in [6, 6.07) is 23.3. The number of para-hydroxylation sites is 1. The van der Waals surface area contributed by atoms with Crippen LogP contribution in [0.4, 0.5) is 15.9 Å². The first-order valence-corrected chi connectivity index (χ1v) is 11.8. The van der Waals surface area contributed by atoms with Crippen molar-refractivity contribution >= 4 is 44.2 Å². The maximum atomic E-state index is 14.3. The van der Waals surface area contributed by atoms with Gasteiger partial charge in [-0.1, -0.05) is 42.5 Å². The lowest BCUT2D eigenvalue weighted by molar-refractivity contribution is 0.0787. The van der Waals surface area contributed by atoms with E-state index >= 15 is 0 Å². The van der Waals surface area contributed by atoms with Crippen LogP contribution < -0.4 is 5.32 Å². The lowest BCUT2D eigenvalue weighted by Gasteiger charge is -2.17. The minimum atomic E-state index is -0.918. The molecule has 0 aliphatic carbocycles. The number of benzene rings is 4. The van der Waals surface area contributed by atoms with Gasteiger partial charge in [-0.15, -0.1) is 0 Å². The summed E-state index contributed by atoms with van der Waals surface area (Å²) in [6.07, 6.45) is 1.38. The molecular formula is C30H25FN4O. The Labute approximate surface area is 207 Å². The lowest BCUT2D eigenvalue weighted by Crippen LogP contribution is -2.14. The monoisotopic (exact) mass is 476 g/mol. The molecule has 0 saturated heterocycles. The first-order valence-electron chi connectivity index (χ1n) is 11.8. The lowest BCUT2D eigenvalue weighted by atomic mass is 9.93. The molecule has 0 unspecified atom stereocenters. The second-order valence-corrected chi connectivity index (χ2v) is 9.63. The molecule has 0 saturated carbocycles. The van der Waals surface area contributed by atoms with Crippen molar-refractivity contribution in [2.24, 2.45) is 0 Å². The minimum absolute atomic E-state index is 0.290. The van der Waals surface area contributed by atoms with Gasteiger partial charge in [0.25, 0.3) is 0 Å². The molecule has 6 rings (SSSR count). The predicted octanol–water partition coefficient (Wildman–Crippen LogP) is 7.35. The van der Waals surface area contributed by atoms with Crippen LogP contribution in [-0.4, -0.2) is 20.1 Å². The van der Waals surface area contributed by atoms with Crippen molar-refractivity contribution in [3.8, 4) is 11.1 Å². The van der Waals surface area contributed by atoms with Crippen LogP contribution in [0.2, 0.25) is 0 Å². The maximum absolute atomic E-state index is 14.3. The van der Waals surface area contributed by atoms with Crippen LogP contribution in [0.3, 0.4) is 0 Å². The minimum Gasteiger partial charge on any atom is -0.386 e. The SMILES string of the molecule is Cc1c(Nc2ncnc3c(F)cccc23)cccc1-c1cccc2[nH]c3cc(C(C)(C)O)ccc3c12. The highest BCUT2D eigenvalue weighted by atomic mass is 19.1. The van der Waals surface area contributed by atoms with Gasteiger partial charge in [0, 0.05) is 32.9 Å². The average molecular weight is 477 g/mol. The van der Waals surface area contributed by atoms with Gasteiger partial charge in [-0.3, -0.25) is 0 Å². The van der Waals surface area contributed by atoms with Gasteiger partial charge in [-0.2, -0.15) is 0 Å². The topological polar surface area (TPSA) is 73.8 Å². The molecule has 6 aromatic rings. The molecule has 0 atom stereocenters. The molecule has 0 amide bonds. The van der Waals surface area contributed by atoms with Gasteiger partial charge in [0.1, 0.15) is 23.5 Å². The molecule has 3 N–H and O–H groups in total. The molecule has 2 aromatic heterocycles. The summed E-state index contributed by atoms with van der Waals surface area (Å²) >= 11 is 0. The number of aromatic amines is 1. The molecule has 4 aromatic carbocycles. The second-order valence-electron chi connectivity index (χ2n) is 9.63. The molecule has 0 fully saturated rings. The Morgan fingerprint density at radius 2 is 1.64 bits per heavy atom. The van der Waals surface area contributed by atoms with Crippen LogP contribution in [0.25, 0.3) is 43.8 Å². The van der Waals surface area contributed by atoms with E-state index in [4.69, 9.17) is 0 Å². The normalized spacial score (nSPS) is 12.0. The van der Waals surface area contributed by atoms with E-state index in [1.165, 1.54) is 12.4 Å². The Morgan fingerprint density at radius 3 is 2.47 bits per heavy atom. The van der Waals surface area contributed by atoms with Gasteiger partial charge >= 0.3 is 0 Å². The van der Waals surface area contributed by atoms with E-state index in [9.17, 15) is 9.50 Å². The van der Waals surface area contributed by atoms with Gasteiger partial charge in [-0.05, 0) is 73.4 Å². The van der Waals surface area contributed by atoms with Crippen LogP contribution in [0.5, 0.6) is 0 Å². The third kappa shape index (κ3) is 3.58. The Kier molecular flexibility index (Phi) is 5.02. The molecule has 36 heavy (non-hydrogen) atoms. The fraction of sp³-hybridized carbons (Fsp3) is 0.133. The third-order valence-electron chi connectivity index (χ3n) is 6.82. The summed E-state index contributed by atoms with van der Waals surface area (Å²) in [4.78, 5) is 12.0. The van der Waals surface area contributed by atoms with Crippen LogP contribution >= 0.6 is 0 Å². The van der Waals surface area contributed by atoms with Crippen LogP contribution in [-0.2, 0) is 5.60 Å². The molecule has 0 bridgehead atoms. The summed E-state index contributed by atoms with van der Waals surface area (Å²) in [6.45, 7) is 5.65. The number of anilines is 2. The number of halogens is 1. The smallest absolute Gasteiger partial charge is 0.149 e. The maximum Gasteiger partial charge on any atom is 0.149 e. The number of fused-ring (bicyclic) bond motifs is 4. The number of hydrogen-bond acceptors (Lipinski definition) is 4. The highest BCUT2D eigenvalue weighted by Gasteiger charge is 2.19. The summed E-state index contributed by atoms with van der Waals surface area (Å²) in [5.41, 5.74) is 6.38. The number of H-pyrrole nitrogens is 1. The molecule has 0 radical (unpaired) electrons. The number of rotatable bonds is 4. The van der Waals surface area contributed by atoms with Gasteiger partial charge in [-0.25, -0.2) is 14.4 Å². The molecule has 6 heteroatoms. The molecule has 2 heterocycles. The highest BCUT2D eigenvalue weighted by molar-refractivity contribution is 6.14. The average Bonchev–Trinajstić information content (AvgIpc) is 3.24. The van der Waals surface area contributed by atoms with E-state index in [-0.39, 0.29) is 11.3 Å². The van der Waals surface area contributed by atoms with Crippen molar-refractivity contribution in [3.63, 3.8) is 0 Å². The van der Waals surface area contributed by atoms with E-state index in [0.717, 1.165) is 49.7 Å². The number of nitrogens with zero attached hydrogens (tertiary/aromatic N) is 2. The Hall–Kier alpha value is -4.29. The van der Waals surface area contributed by atoms with Crippen molar-refractivity contribution in [2.75, 3.05) is 5.32 Å². The van der Waals surface area contributed by atoms with Crippen molar-refractivity contribution in [1.82, 2.24) is 15.0 Å². The fourth-order valence-electron chi connectivity index (χ4n) is 4.90. The Morgan fingerprint density at radius 1 is 0.861 bits per heavy atom. The van der Waals surface area contributed by atoms with Gasteiger partial charge in [0.05, 0.1) is 5.60 Å². The summed E-state index contributed by atoms with van der Waals surface area (Å²) in [5, 5.41) is 16.7. The number of aromatic nitrogens is 3. The third-order valence-corrected chi connectivity index (χ3v) is 6.82. The second kappa shape index (κ2) is 8.14. The standard InChI is InChI=1S/C30H25FN4O/c1-17-19(7-5-11-24(17)35-29-22-9-4-10-23(31)28(22)32-16-33-29)20-8-6-12-25-27(20)21-14-13-18(30(2,3)36)15-26(21)34-25/h4-16,34,36H,1-3H3,(H,32,33,35). The van der Waals surface area contributed by atoms with Crippen molar-refractivity contribution in [1.29, 1.82) is 0 Å². The number of hydrogen-bond donors (Lipinski definition) is 3. The number of aliphatic hydroxyl groups is 1. The van der Waals surface area contributed by atoms with Gasteiger partial charge in [0.15, 0.2) is 0 Å². The highest BCUT2D eigenvalue weighted by Crippen LogP contribution is 2.39. The van der Waals surface area contributed by atoms with Crippen molar-refractivity contribution in [2.45, 2.75) is 26.4 Å². The first kappa shape index (κ1) is 22.2. The molecule has 0 aliphatic rings. The number of nitrogens with one attached hydrogen (secondary N) is 2. The fourth-order valence-corrected chi connectivity index (χ4v) is 4.90. The summed E-state index contributed by atoms with van der Waals surface area (Å²) in [7, 11) is 0. The van der Waals surface area contributed by atoms with E-state index in [2.05, 4.69) is 51.5 Å². The summed E-state index contributed by atoms with van der Waals surface area (Å²) < 4.78 is 14.3. The molecule has 178 valence electrons. The van der Waals surface area contributed by atoms with Crippen molar-refractivity contribution < 1.29 is 9.50 Å². The van der Waals surface area contributed by atoms with Gasteiger partial charge < -0.3 is 15.4 Å². The zero-order chi connectivity index (χ0) is 25.0. The molecule has 5 nitrogen and oxygen atoms in total.